The van der Waals surface area contributed by atoms with Gasteiger partial charge in [0, 0.05) is 31.2 Å². The number of nitrogens with zero attached hydrogens (tertiary/aromatic N) is 3. The van der Waals surface area contributed by atoms with Gasteiger partial charge in [0.05, 0.1) is 5.69 Å². The molecule has 4 nitrogen and oxygen atoms in total. The van der Waals surface area contributed by atoms with Gasteiger partial charge in [-0.2, -0.15) is 5.10 Å². The number of hydrogen-bond acceptors (Lipinski definition) is 3. The second kappa shape index (κ2) is 5.31. The van der Waals surface area contributed by atoms with Crippen LogP contribution in [-0.4, -0.2) is 28.4 Å². The van der Waals surface area contributed by atoms with Gasteiger partial charge in [-0.25, -0.2) is 0 Å². The van der Waals surface area contributed by atoms with E-state index in [9.17, 15) is 0 Å². The van der Waals surface area contributed by atoms with Crippen molar-refractivity contribution in [2.24, 2.45) is 12.8 Å². The maximum atomic E-state index is 5.98. The molecule has 2 unspecified atom stereocenters. The van der Waals surface area contributed by atoms with E-state index in [4.69, 9.17) is 5.73 Å². The lowest BCUT2D eigenvalue weighted by molar-refractivity contribution is 0.617. The minimum absolute atomic E-state index is 0.189. The molecule has 18 heavy (non-hydrogen) atoms. The highest BCUT2D eigenvalue weighted by atomic mass is 15.4. The molecule has 0 aliphatic carbocycles. The third-order valence-corrected chi connectivity index (χ3v) is 3.96. The summed E-state index contributed by atoms with van der Waals surface area (Å²) < 4.78 is 2.04. The molecule has 1 fully saturated rings. The second-order valence-electron chi connectivity index (χ2n) is 5.59. The van der Waals surface area contributed by atoms with Crippen molar-refractivity contribution >= 4 is 5.82 Å². The van der Waals surface area contributed by atoms with E-state index in [1.165, 1.54) is 30.6 Å². The van der Waals surface area contributed by atoms with E-state index in [1.54, 1.807) is 0 Å². The van der Waals surface area contributed by atoms with Gasteiger partial charge in [0.25, 0.3) is 0 Å². The first-order valence-electron chi connectivity index (χ1n) is 7.09. The summed E-state index contributed by atoms with van der Waals surface area (Å²) in [5, 5.41) is 4.60. The number of nitrogens with two attached hydrogens (primary N) is 1. The van der Waals surface area contributed by atoms with Crippen LogP contribution in [0.4, 0.5) is 5.82 Å². The number of hydrogen-bond donors (Lipinski definition) is 1. The lowest BCUT2D eigenvalue weighted by Gasteiger charge is -2.27. The highest BCUT2D eigenvalue weighted by Gasteiger charge is 2.28. The predicted molar refractivity (Wildman–Crippen MR) is 76.0 cm³/mol. The summed E-state index contributed by atoms with van der Waals surface area (Å²) in [5.74, 6) is 1.30. The molecule has 2 atom stereocenters. The molecule has 0 saturated carbocycles. The molecule has 0 aromatic carbocycles. The van der Waals surface area contributed by atoms with Crippen LogP contribution in [0.2, 0.25) is 0 Å². The summed E-state index contributed by atoms with van der Waals surface area (Å²) in [6.07, 6.45) is 4.72. The Morgan fingerprint density at radius 1 is 1.50 bits per heavy atom. The standard InChI is InChI=1S/C14H26N4/c1-5-12-7-6-8-18(12)14-13(9-10(2)15)11(3)16-17(14)4/h10,12H,5-9,15H2,1-4H3. The van der Waals surface area contributed by atoms with Gasteiger partial charge < -0.3 is 10.6 Å². The average molecular weight is 250 g/mol. The zero-order valence-corrected chi connectivity index (χ0v) is 12.1. The van der Waals surface area contributed by atoms with Crippen LogP contribution in [0, 0.1) is 6.92 Å². The summed E-state index contributed by atoms with van der Waals surface area (Å²) >= 11 is 0. The van der Waals surface area contributed by atoms with Crippen LogP contribution in [0.5, 0.6) is 0 Å². The topological polar surface area (TPSA) is 47.1 Å². The van der Waals surface area contributed by atoms with E-state index < -0.39 is 0 Å². The van der Waals surface area contributed by atoms with Gasteiger partial charge in [-0.3, -0.25) is 4.68 Å². The van der Waals surface area contributed by atoms with E-state index in [2.05, 4.69) is 37.8 Å². The summed E-state index contributed by atoms with van der Waals surface area (Å²) in [6, 6.07) is 0.862. The van der Waals surface area contributed by atoms with Crippen molar-refractivity contribution in [3.8, 4) is 0 Å². The van der Waals surface area contributed by atoms with Gasteiger partial charge in [0.2, 0.25) is 0 Å². The van der Waals surface area contributed by atoms with Crippen molar-refractivity contribution in [3.05, 3.63) is 11.3 Å². The van der Waals surface area contributed by atoms with Crippen molar-refractivity contribution in [2.45, 2.75) is 58.5 Å². The fourth-order valence-electron chi connectivity index (χ4n) is 3.15. The van der Waals surface area contributed by atoms with Crippen molar-refractivity contribution in [2.75, 3.05) is 11.4 Å². The molecular weight excluding hydrogens is 224 g/mol. The SMILES string of the molecule is CCC1CCCN1c1c(CC(C)N)c(C)nn1C. The molecule has 0 bridgehead atoms. The number of anilines is 1. The maximum Gasteiger partial charge on any atom is 0.130 e. The first-order valence-corrected chi connectivity index (χ1v) is 7.09. The van der Waals surface area contributed by atoms with E-state index in [0.29, 0.717) is 6.04 Å². The summed E-state index contributed by atoms with van der Waals surface area (Å²) in [7, 11) is 2.05. The largest absolute Gasteiger partial charge is 0.354 e. The molecule has 0 spiro atoms. The van der Waals surface area contributed by atoms with Crippen LogP contribution in [0.1, 0.15) is 44.4 Å². The summed E-state index contributed by atoms with van der Waals surface area (Å²) in [6.45, 7) is 7.59. The molecule has 1 saturated heterocycles. The Hall–Kier alpha value is -1.03. The molecule has 102 valence electrons. The Balaban J connectivity index is 2.36. The summed E-state index contributed by atoms with van der Waals surface area (Å²) in [4.78, 5) is 2.54. The minimum atomic E-state index is 0.189. The molecule has 1 aromatic heterocycles. The molecule has 2 heterocycles. The zero-order valence-electron chi connectivity index (χ0n) is 12.1. The van der Waals surface area contributed by atoms with Crippen molar-refractivity contribution in [1.82, 2.24) is 9.78 Å². The van der Waals surface area contributed by atoms with E-state index in [1.807, 2.05) is 4.68 Å². The molecule has 1 aliphatic heterocycles. The number of rotatable bonds is 4. The van der Waals surface area contributed by atoms with Gasteiger partial charge >= 0.3 is 0 Å². The Labute approximate surface area is 110 Å². The third kappa shape index (κ3) is 2.39. The summed E-state index contributed by atoms with van der Waals surface area (Å²) in [5.41, 5.74) is 8.45. The molecule has 4 heteroatoms. The van der Waals surface area contributed by atoms with Crippen molar-refractivity contribution in [3.63, 3.8) is 0 Å². The normalized spacial score (nSPS) is 21.6. The Morgan fingerprint density at radius 3 is 2.83 bits per heavy atom. The quantitative estimate of drug-likeness (QED) is 0.889. The molecule has 2 N–H and O–H groups in total. The molecule has 0 radical (unpaired) electrons. The zero-order chi connectivity index (χ0) is 13.3. The van der Waals surface area contributed by atoms with Crippen LogP contribution in [0.25, 0.3) is 0 Å². The maximum absolute atomic E-state index is 5.98. The minimum Gasteiger partial charge on any atom is -0.354 e. The van der Waals surface area contributed by atoms with Crippen LogP contribution in [0.3, 0.4) is 0 Å². The lowest BCUT2D eigenvalue weighted by atomic mass is 10.1. The molecule has 0 amide bonds. The Bertz CT molecular complexity index is 408. The third-order valence-electron chi connectivity index (χ3n) is 3.96. The van der Waals surface area contributed by atoms with Gasteiger partial charge in [-0.1, -0.05) is 6.92 Å². The first-order chi connectivity index (χ1) is 8.54. The fourth-order valence-corrected chi connectivity index (χ4v) is 3.15. The van der Waals surface area contributed by atoms with Crippen LogP contribution >= 0.6 is 0 Å². The predicted octanol–water partition coefficient (Wildman–Crippen LogP) is 2.00. The molecule has 1 aliphatic rings. The fraction of sp³-hybridized carbons (Fsp3) is 0.786. The van der Waals surface area contributed by atoms with Gasteiger partial charge in [-0.05, 0) is 39.5 Å². The van der Waals surface area contributed by atoms with E-state index in [0.717, 1.165) is 18.7 Å². The Kier molecular flexibility index (Phi) is 3.95. The van der Waals surface area contributed by atoms with Crippen molar-refractivity contribution in [1.29, 1.82) is 0 Å². The first kappa shape index (κ1) is 13.4. The molecule has 1 aromatic rings. The van der Waals surface area contributed by atoms with Crippen LogP contribution in [0.15, 0.2) is 0 Å². The number of aromatic nitrogens is 2. The number of aryl methyl sites for hydroxylation is 2. The van der Waals surface area contributed by atoms with Gasteiger partial charge in [0.1, 0.15) is 5.82 Å². The second-order valence-corrected chi connectivity index (χ2v) is 5.59. The van der Waals surface area contributed by atoms with Crippen LogP contribution < -0.4 is 10.6 Å². The highest BCUT2D eigenvalue weighted by Crippen LogP contribution is 2.31. The lowest BCUT2D eigenvalue weighted by Crippen LogP contribution is -2.31. The molecular formula is C14H26N4. The highest BCUT2D eigenvalue weighted by molar-refractivity contribution is 5.52. The van der Waals surface area contributed by atoms with Gasteiger partial charge in [0.15, 0.2) is 0 Å². The van der Waals surface area contributed by atoms with E-state index in [-0.39, 0.29) is 6.04 Å². The van der Waals surface area contributed by atoms with E-state index >= 15 is 0 Å². The monoisotopic (exact) mass is 250 g/mol. The molecule has 2 rings (SSSR count). The van der Waals surface area contributed by atoms with Crippen LogP contribution in [-0.2, 0) is 13.5 Å². The average Bonchev–Trinajstić information content (AvgIpc) is 2.84. The van der Waals surface area contributed by atoms with Crippen molar-refractivity contribution < 1.29 is 0 Å². The van der Waals surface area contributed by atoms with Gasteiger partial charge in [-0.15, -0.1) is 0 Å². The smallest absolute Gasteiger partial charge is 0.130 e. The Morgan fingerprint density at radius 2 is 2.22 bits per heavy atom.